The third-order valence-electron chi connectivity index (χ3n) is 2.94. The molecule has 1 aromatic rings. The third-order valence-corrected chi connectivity index (χ3v) is 2.94. The number of nitrogens with zero attached hydrogens (tertiary/aromatic N) is 5. The molecule has 1 aromatic heterocycles. The van der Waals surface area contributed by atoms with Gasteiger partial charge in [0.1, 0.15) is 0 Å². The lowest BCUT2D eigenvalue weighted by atomic mass is 10.2. The Bertz CT molecular complexity index is 379. The van der Waals surface area contributed by atoms with E-state index in [0.29, 0.717) is 6.54 Å². The summed E-state index contributed by atoms with van der Waals surface area (Å²) in [6.07, 6.45) is 1.84. The molecule has 102 valence electrons. The summed E-state index contributed by atoms with van der Waals surface area (Å²) in [6, 6.07) is 0.188. The van der Waals surface area contributed by atoms with Gasteiger partial charge < -0.3 is 5.11 Å². The number of carbonyl (C=O) groups is 1. The molecular weight excluding hydrogens is 234 g/mol. The molecule has 1 heterocycles. The Hall–Kier alpha value is -1.50. The zero-order valence-corrected chi connectivity index (χ0v) is 11.2. The van der Waals surface area contributed by atoms with E-state index in [1.807, 2.05) is 18.7 Å². The van der Waals surface area contributed by atoms with Crippen LogP contribution in [-0.4, -0.2) is 48.8 Å². The smallest absolute Gasteiger partial charge is 0.317 e. The molecule has 0 radical (unpaired) electrons. The molecule has 0 spiro atoms. The second-order valence-corrected chi connectivity index (χ2v) is 4.37. The normalized spacial score (nSPS) is 12.9. The highest BCUT2D eigenvalue weighted by Crippen LogP contribution is 2.08. The highest BCUT2D eigenvalue weighted by Gasteiger charge is 2.18. The van der Waals surface area contributed by atoms with Crippen molar-refractivity contribution in [2.45, 2.75) is 52.7 Å². The molecule has 0 aliphatic carbocycles. The van der Waals surface area contributed by atoms with Gasteiger partial charge in [0, 0.05) is 12.6 Å². The predicted molar refractivity (Wildman–Crippen MR) is 65.9 cm³/mol. The number of hydrogen-bond acceptors (Lipinski definition) is 5. The zero-order valence-electron chi connectivity index (χ0n) is 11.2. The first-order chi connectivity index (χ1) is 8.58. The molecule has 7 nitrogen and oxygen atoms in total. The van der Waals surface area contributed by atoms with Gasteiger partial charge in [-0.15, -0.1) is 5.10 Å². The number of tetrazole rings is 1. The van der Waals surface area contributed by atoms with Gasteiger partial charge in [-0.25, -0.2) is 4.68 Å². The fraction of sp³-hybridized carbons (Fsp3) is 0.818. The predicted octanol–water partition coefficient (Wildman–Crippen LogP) is 0.768. The average Bonchev–Trinajstić information content (AvgIpc) is 2.75. The first-order valence-electron chi connectivity index (χ1n) is 6.29. The third kappa shape index (κ3) is 4.06. The Morgan fingerprint density at radius 2 is 2.22 bits per heavy atom. The van der Waals surface area contributed by atoms with E-state index in [9.17, 15) is 4.79 Å². The lowest BCUT2D eigenvalue weighted by molar-refractivity contribution is -0.139. The second-order valence-electron chi connectivity index (χ2n) is 4.37. The van der Waals surface area contributed by atoms with Gasteiger partial charge in [-0.1, -0.05) is 13.8 Å². The topological polar surface area (TPSA) is 84.1 Å². The SMILES string of the molecule is CCCn1nnnc1CN(CC(=O)O)C(C)CC. The molecule has 0 amide bonds. The lowest BCUT2D eigenvalue weighted by Crippen LogP contribution is -2.37. The van der Waals surface area contributed by atoms with Crippen molar-refractivity contribution < 1.29 is 9.90 Å². The number of aromatic nitrogens is 4. The monoisotopic (exact) mass is 255 g/mol. The number of aryl methyl sites for hydroxylation is 1. The minimum absolute atomic E-state index is 0.00793. The van der Waals surface area contributed by atoms with Crippen molar-refractivity contribution in [3.05, 3.63) is 5.82 Å². The molecule has 0 saturated heterocycles. The molecule has 1 atom stereocenters. The molecule has 1 unspecified atom stereocenters. The van der Waals surface area contributed by atoms with Gasteiger partial charge in [-0.3, -0.25) is 9.69 Å². The van der Waals surface area contributed by atoms with Crippen LogP contribution < -0.4 is 0 Å². The van der Waals surface area contributed by atoms with Gasteiger partial charge in [0.2, 0.25) is 0 Å². The first kappa shape index (κ1) is 14.6. The maximum Gasteiger partial charge on any atom is 0.317 e. The van der Waals surface area contributed by atoms with Gasteiger partial charge in [0.15, 0.2) is 5.82 Å². The Morgan fingerprint density at radius 3 is 2.78 bits per heavy atom. The summed E-state index contributed by atoms with van der Waals surface area (Å²) in [6.45, 7) is 7.33. The molecule has 0 saturated carbocycles. The van der Waals surface area contributed by atoms with Crippen molar-refractivity contribution in [2.24, 2.45) is 0 Å². The van der Waals surface area contributed by atoms with E-state index in [1.165, 1.54) is 0 Å². The molecule has 18 heavy (non-hydrogen) atoms. The van der Waals surface area contributed by atoms with Crippen LogP contribution in [0.5, 0.6) is 0 Å². The summed E-state index contributed by atoms with van der Waals surface area (Å²) >= 11 is 0. The van der Waals surface area contributed by atoms with E-state index in [-0.39, 0.29) is 12.6 Å². The molecular formula is C11H21N5O2. The standard InChI is InChI=1S/C11H21N5O2/c1-4-6-16-10(12-13-14-16)7-15(8-11(17)18)9(3)5-2/h9H,4-8H2,1-3H3,(H,17,18). The van der Waals surface area contributed by atoms with E-state index >= 15 is 0 Å². The van der Waals surface area contributed by atoms with Crippen molar-refractivity contribution in [1.29, 1.82) is 0 Å². The van der Waals surface area contributed by atoms with Gasteiger partial charge in [0.05, 0.1) is 13.1 Å². The summed E-state index contributed by atoms with van der Waals surface area (Å²) in [4.78, 5) is 12.7. The van der Waals surface area contributed by atoms with Crippen LogP contribution in [0.2, 0.25) is 0 Å². The van der Waals surface area contributed by atoms with E-state index in [0.717, 1.165) is 25.2 Å². The largest absolute Gasteiger partial charge is 0.480 e. The van der Waals surface area contributed by atoms with Crippen molar-refractivity contribution in [1.82, 2.24) is 25.1 Å². The number of aliphatic carboxylic acids is 1. The van der Waals surface area contributed by atoms with Gasteiger partial charge in [-0.2, -0.15) is 0 Å². The number of hydrogen-bond donors (Lipinski definition) is 1. The van der Waals surface area contributed by atoms with Crippen LogP contribution >= 0.6 is 0 Å². The van der Waals surface area contributed by atoms with Crippen LogP contribution in [0.15, 0.2) is 0 Å². The van der Waals surface area contributed by atoms with E-state index in [1.54, 1.807) is 4.68 Å². The maximum absolute atomic E-state index is 10.9. The molecule has 0 aromatic carbocycles. The molecule has 0 fully saturated rings. The minimum atomic E-state index is -0.829. The Morgan fingerprint density at radius 1 is 1.50 bits per heavy atom. The van der Waals surface area contributed by atoms with Crippen LogP contribution in [-0.2, 0) is 17.9 Å². The first-order valence-corrected chi connectivity index (χ1v) is 6.29. The van der Waals surface area contributed by atoms with Crippen LogP contribution in [0, 0.1) is 0 Å². The zero-order chi connectivity index (χ0) is 13.5. The fourth-order valence-electron chi connectivity index (χ4n) is 1.70. The van der Waals surface area contributed by atoms with Gasteiger partial charge in [0.25, 0.3) is 0 Å². The molecule has 0 aliphatic rings. The molecule has 1 rings (SSSR count). The van der Waals surface area contributed by atoms with E-state index in [4.69, 9.17) is 5.11 Å². The lowest BCUT2D eigenvalue weighted by Gasteiger charge is -2.25. The summed E-state index contributed by atoms with van der Waals surface area (Å²) in [5.41, 5.74) is 0. The Balaban J connectivity index is 2.75. The average molecular weight is 255 g/mol. The number of carboxylic acids is 1. The number of rotatable bonds is 8. The summed E-state index contributed by atoms with van der Waals surface area (Å²) in [5.74, 6) is -0.108. The summed E-state index contributed by atoms with van der Waals surface area (Å²) in [7, 11) is 0. The second kappa shape index (κ2) is 7.05. The van der Waals surface area contributed by atoms with E-state index < -0.39 is 5.97 Å². The van der Waals surface area contributed by atoms with Crippen molar-refractivity contribution >= 4 is 5.97 Å². The molecule has 7 heteroatoms. The Labute approximate surface area is 107 Å². The minimum Gasteiger partial charge on any atom is -0.480 e. The fourth-order valence-corrected chi connectivity index (χ4v) is 1.70. The highest BCUT2D eigenvalue weighted by atomic mass is 16.4. The van der Waals surface area contributed by atoms with Crippen LogP contribution in [0.1, 0.15) is 39.4 Å². The van der Waals surface area contributed by atoms with Crippen molar-refractivity contribution in [3.63, 3.8) is 0 Å². The van der Waals surface area contributed by atoms with Gasteiger partial charge in [-0.05, 0) is 30.2 Å². The van der Waals surface area contributed by atoms with E-state index in [2.05, 4.69) is 22.4 Å². The van der Waals surface area contributed by atoms with Crippen molar-refractivity contribution in [3.8, 4) is 0 Å². The summed E-state index contributed by atoms with van der Waals surface area (Å²) < 4.78 is 1.73. The Kier molecular flexibility index (Phi) is 5.70. The highest BCUT2D eigenvalue weighted by molar-refractivity contribution is 5.69. The molecule has 1 N–H and O–H groups in total. The molecule has 0 aliphatic heterocycles. The quantitative estimate of drug-likeness (QED) is 0.738. The maximum atomic E-state index is 10.9. The van der Waals surface area contributed by atoms with Crippen LogP contribution in [0.3, 0.4) is 0 Å². The summed E-state index contributed by atoms with van der Waals surface area (Å²) in [5, 5.41) is 20.4. The van der Waals surface area contributed by atoms with Crippen LogP contribution in [0.25, 0.3) is 0 Å². The van der Waals surface area contributed by atoms with Crippen molar-refractivity contribution in [2.75, 3.05) is 6.54 Å². The van der Waals surface area contributed by atoms with Crippen LogP contribution in [0.4, 0.5) is 0 Å². The number of carboxylic acid groups (broad SMARTS) is 1. The van der Waals surface area contributed by atoms with Gasteiger partial charge >= 0.3 is 5.97 Å². The molecule has 0 bridgehead atoms.